The van der Waals surface area contributed by atoms with Gasteiger partial charge in [0.2, 0.25) is 0 Å². The van der Waals surface area contributed by atoms with Crippen LogP contribution in [0.15, 0.2) is 0 Å². The summed E-state index contributed by atoms with van der Waals surface area (Å²) in [5.74, 6) is 0.847. The summed E-state index contributed by atoms with van der Waals surface area (Å²) in [7, 11) is 0. The maximum Gasteiger partial charge on any atom is -0.0358 e. The minimum absolute atomic E-state index is 0.847. The second-order valence-electron chi connectivity index (χ2n) is 8.09. The second-order valence-corrected chi connectivity index (χ2v) is 8.09. The lowest BCUT2D eigenvalue weighted by Crippen LogP contribution is -1.96. The molecule has 0 heterocycles. The summed E-state index contributed by atoms with van der Waals surface area (Å²) in [5.41, 5.74) is 0. The van der Waals surface area contributed by atoms with Gasteiger partial charge < -0.3 is 0 Å². The highest BCUT2D eigenvalue weighted by molar-refractivity contribution is 4.72. The van der Waals surface area contributed by atoms with Gasteiger partial charge in [-0.15, -0.1) is 0 Å². The SMILES string of the molecule is CCCCCCCCCCCCC[CH]C(C)CCCCCCCC. The van der Waals surface area contributed by atoms with E-state index in [1.165, 1.54) is 122 Å². The van der Waals surface area contributed by atoms with Crippen molar-refractivity contribution < 1.29 is 0 Å². The van der Waals surface area contributed by atoms with Gasteiger partial charge in [-0.25, -0.2) is 0 Å². The van der Waals surface area contributed by atoms with Crippen molar-refractivity contribution in [2.45, 2.75) is 143 Å². The normalized spacial score (nSPS) is 12.6. The lowest BCUT2D eigenvalue weighted by molar-refractivity contribution is 0.502. The fourth-order valence-electron chi connectivity index (χ4n) is 3.58. The van der Waals surface area contributed by atoms with Crippen LogP contribution < -0.4 is 0 Å². The molecular formula is C24H49. The van der Waals surface area contributed by atoms with Crippen LogP contribution >= 0.6 is 0 Å². The number of hydrogen-bond acceptors (Lipinski definition) is 0. The van der Waals surface area contributed by atoms with E-state index in [9.17, 15) is 0 Å². The third-order valence-electron chi connectivity index (χ3n) is 5.39. The van der Waals surface area contributed by atoms with Crippen molar-refractivity contribution >= 4 is 0 Å². The first-order valence-electron chi connectivity index (χ1n) is 11.6. The Morgan fingerprint density at radius 2 is 0.875 bits per heavy atom. The van der Waals surface area contributed by atoms with E-state index >= 15 is 0 Å². The zero-order valence-electron chi connectivity index (χ0n) is 17.6. The van der Waals surface area contributed by atoms with Crippen molar-refractivity contribution in [1.82, 2.24) is 0 Å². The smallest absolute Gasteiger partial charge is 0.0358 e. The Hall–Kier alpha value is 0. The summed E-state index contributed by atoms with van der Waals surface area (Å²) < 4.78 is 0. The molecule has 145 valence electrons. The molecule has 0 nitrogen and oxygen atoms in total. The van der Waals surface area contributed by atoms with Crippen molar-refractivity contribution in [3.05, 3.63) is 6.42 Å². The maximum atomic E-state index is 2.60. The number of hydrogen-bond donors (Lipinski definition) is 0. The Morgan fingerprint density at radius 3 is 1.33 bits per heavy atom. The maximum absolute atomic E-state index is 2.60. The molecule has 1 atom stereocenters. The third kappa shape index (κ3) is 20.0. The number of rotatable bonds is 20. The van der Waals surface area contributed by atoms with Gasteiger partial charge in [-0.3, -0.25) is 0 Å². The van der Waals surface area contributed by atoms with Crippen LogP contribution in [0.4, 0.5) is 0 Å². The Morgan fingerprint density at radius 1 is 0.500 bits per heavy atom. The molecule has 0 aromatic carbocycles. The van der Waals surface area contributed by atoms with Crippen LogP contribution in [0.25, 0.3) is 0 Å². The van der Waals surface area contributed by atoms with E-state index in [1.807, 2.05) is 0 Å². The molecule has 0 bridgehead atoms. The molecule has 1 radical (unpaired) electrons. The van der Waals surface area contributed by atoms with Gasteiger partial charge in [-0.2, -0.15) is 0 Å². The van der Waals surface area contributed by atoms with Gasteiger partial charge in [0.1, 0.15) is 0 Å². The fraction of sp³-hybridized carbons (Fsp3) is 0.958. The molecule has 0 saturated heterocycles. The predicted molar refractivity (Wildman–Crippen MR) is 113 cm³/mol. The molecule has 1 unspecified atom stereocenters. The van der Waals surface area contributed by atoms with E-state index in [2.05, 4.69) is 27.2 Å². The van der Waals surface area contributed by atoms with Crippen molar-refractivity contribution in [2.24, 2.45) is 5.92 Å². The zero-order chi connectivity index (χ0) is 17.7. The molecule has 0 rings (SSSR count). The summed E-state index contributed by atoms with van der Waals surface area (Å²) in [6.45, 7) is 7.02. The molecule has 0 aliphatic carbocycles. The standard InChI is InChI=1S/C24H49/c1-4-6-8-10-12-13-14-15-16-17-19-21-23-24(3)22-20-18-11-9-7-5-2/h23-24H,4-22H2,1-3H3. The Kier molecular flexibility index (Phi) is 21.0. The molecule has 0 aromatic heterocycles. The molecule has 0 heteroatoms. The summed E-state index contributed by atoms with van der Waals surface area (Å²) in [6, 6.07) is 0. The fourth-order valence-corrected chi connectivity index (χ4v) is 3.58. The summed E-state index contributed by atoms with van der Waals surface area (Å²) in [5, 5.41) is 0. The van der Waals surface area contributed by atoms with Crippen LogP contribution in [-0.2, 0) is 0 Å². The van der Waals surface area contributed by atoms with Crippen LogP contribution in [0.1, 0.15) is 143 Å². The Labute approximate surface area is 155 Å². The highest BCUT2D eigenvalue weighted by atomic mass is 14.1. The van der Waals surface area contributed by atoms with Crippen molar-refractivity contribution in [3.63, 3.8) is 0 Å². The molecule has 0 aliphatic rings. The molecule has 24 heavy (non-hydrogen) atoms. The lowest BCUT2D eigenvalue weighted by atomic mass is 9.96. The molecule has 0 aliphatic heterocycles. The van der Waals surface area contributed by atoms with E-state index in [0.29, 0.717) is 0 Å². The first kappa shape index (κ1) is 24.0. The third-order valence-corrected chi connectivity index (χ3v) is 5.39. The van der Waals surface area contributed by atoms with Crippen molar-refractivity contribution in [3.8, 4) is 0 Å². The highest BCUT2D eigenvalue weighted by Crippen LogP contribution is 2.18. The van der Waals surface area contributed by atoms with E-state index in [1.54, 1.807) is 0 Å². The summed E-state index contributed by atoms with van der Waals surface area (Å²) in [4.78, 5) is 0. The zero-order valence-corrected chi connectivity index (χ0v) is 17.6. The second kappa shape index (κ2) is 21.0. The lowest BCUT2D eigenvalue weighted by Gasteiger charge is -2.10. The first-order valence-corrected chi connectivity index (χ1v) is 11.6. The van der Waals surface area contributed by atoms with Crippen molar-refractivity contribution in [1.29, 1.82) is 0 Å². The molecule has 0 fully saturated rings. The number of unbranched alkanes of at least 4 members (excludes halogenated alkanes) is 16. The predicted octanol–water partition coefficient (Wildman–Crippen LogP) is 9.28. The van der Waals surface area contributed by atoms with Crippen LogP contribution in [-0.4, -0.2) is 0 Å². The van der Waals surface area contributed by atoms with Crippen LogP contribution in [0, 0.1) is 12.3 Å². The van der Waals surface area contributed by atoms with Gasteiger partial charge >= 0.3 is 0 Å². The van der Waals surface area contributed by atoms with Crippen LogP contribution in [0.2, 0.25) is 0 Å². The first-order chi connectivity index (χ1) is 11.8. The molecule has 0 N–H and O–H groups in total. The quantitative estimate of drug-likeness (QED) is 0.194. The molecular weight excluding hydrogens is 288 g/mol. The van der Waals surface area contributed by atoms with Gasteiger partial charge in [-0.1, -0.05) is 136 Å². The van der Waals surface area contributed by atoms with Gasteiger partial charge in [0.25, 0.3) is 0 Å². The van der Waals surface area contributed by atoms with E-state index in [4.69, 9.17) is 0 Å². The van der Waals surface area contributed by atoms with Gasteiger partial charge in [-0.05, 0) is 18.8 Å². The van der Waals surface area contributed by atoms with Crippen LogP contribution in [0.5, 0.6) is 0 Å². The van der Waals surface area contributed by atoms with Gasteiger partial charge in [0.05, 0.1) is 0 Å². The van der Waals surface area contributed by atoms with Gasteiger partial charge in [0.15, 0.2) is 0 Å². The minimum Gasteiger partial charge on any atom is -0.0654 e. The largest absolute Gasteiger partial charge is 0.0654 e. The molecule has 0 saturated carbocycles. The summed E-state index contributed by atoms with van der Waals surface area (Å²) in [6.07, 6.45) is 30.0. The molecule has 0 spiro atoms. The van der Waals surface area contributed by atoms with E-state index in [-0.39, 0.29) is 0 Å². The molecule has 0 aromatic rings. The average Bonchev–Trinajstić information content (AvgIpc) is 2.59. The highest BCUT2D eigenvalue weighted by Gasteiger charge is 2.02. The Bertz CT molecular complexity index is 208. The van der Waals surface area contributed by atoms with Crippen LogP contribution in [0.3, 0.4) is 0 Å². The van der Waals surface area contributed by atoms with E-state index < -0.39 is 0 Å². The minimum atomic E-state index is 0.847. The van der Waals surface area contributed by atoms with Gasteiger partial charge in [0, 0.05) is 0 Å². The monoisotopic (exact) mass is 337 g/mol. The molecule has 0 amide bonds. The topological polar surface area (TPSA) is 0 Å². The average molecular weight is 338 g/mol. The Balaban J connectivity index is 3.10. The summed E-state index contributed by atoms with van der Waals surface area (Å²) >= 11 is 0. The van der Waals surface area contributed by atoms with E-state index in [0.717, 1.165) is 5.92 Å². The van der Waals surface area contributed by atoms with Crippen molar-refractivity contribution in [2.75, 3.05) is 0 Å².